The summed E-state index contributed by atoms with van der Waals surface area (Å²) in [5, 5.41) is 8.74. The van der Waals surface area contributed by atoms with Crippen molar-refractivity contribution in [3.05, 3.63) is 56.3 Å². The Bertz CT molecular complexity index is 656. The normalized spacial score (nSPS) is 10.6. The van der Waals surface area contributed by atoms with Gasteiger partial charge >= 0.3 is 5.97 Å². The van der Waals surface area contributed by atoms with Crippen molar-refractivity contribution in [3.63, 3.8) is 0 Å². The Labute approximate surface area is 111 Å². The number of furan rings is 1. The third-order valence-corrected chi connectivity index (χ3v) is 2.95. The first-order valence-electron chi connectivity index (χ1n) is 5.16. The SMILES string of the molecule is Cc1cc(Br)c(=O)n(Cc2ccc(C(=O)O)o2)c1. The van der Waals surface area contributed by atoms with Crippen LogP contribution >= 0.6 is 15.9 Å². The van der Waals surface area contributed by atoms with E-state index in [1.165, 1.54) is 10.6 Å². The van der Waals surface area contributed by atoms with Crippen molar-refractivity contribution < 1.29 is 14.3 Å². The Morgan fingerprint density at radius 1 is 1.50 bits per heavy atom. The molecule has 1 N–H and O–H groups in total. The molecule has 0 aliphatic rings. The average molecular weight is 312 g/mol. The van der Waals surface area contributed by atoms with Crippen LogP contribution in [-0.4, -0.2) is 15.6 Å². The first-order chi connectivity index (χ1) is 8.47. The summed E-state index contributed by atoms with van der Waals surface area (Å²) in [4.78, 5) is 22.5. The van der Waals surface area contributed by atoms with Gasteiger partial charge in [0.25, 0.3) is 5.56 Å². The van der Waals surface area contributed by atoms with E-state index in [1.54, 1.807) is 18.3 Å². The molecule has 2 heterocycles. The van der Waals surface area contributed by atoms with E-state index in [1.807, 2.05) is 6.92 Å². The highest BCUT2D eigenvalue weighted by molar-refractivity contribution is 9.10. The molecule has 5 nitrogen and oxygen atoms in total. The fourth-order valence-corrected chi connectivity index (χ4v) is 2.19. The predicted molar refractivity (Wildman–Crippen MR) is 67.9 cm³/mol. The fourth-order valence-electron chi connectivity index (χ4n) is 1.60. The van der Waals surface area contributed by atoms with Gasteiger partial charge in [0.1, 0.15) is 5.76 Å². The zero-order chi connectivity index (χ0) is 13.3. The number of halogens is 1. The van der Waals surface area contributed by atoms with E-state index >= 15 is 0 Å². The molecule has 2 aromatic heterocycles. The highest BCUT2D eigenvalue weighted by Crippen LogP contribution is 2.11. The van der Waals surface area contributed by atoms with Gasteiger partial charge in [0.15, 0.2) is 0 Å². The third kappa shape index (κ3) is 2.53. The summed E-state index contributed by atoms with van der Waals surface area (Å²) in [6.45, 7) is 2.07. The van der Waals surface area contributed by atoms with Crippen LogP contribution in [0.4, 0.5) is 0 Å². The molecule has 18 heavy (non-hydrogen) atoms. The van der Waals surface area contributed by atoms with Crippen LogP contribution in [0.5, 0.6) is 0 Å². The zero-order valence-electron chi connectivity index (χ0n) is 9.51. The van der Waals surface area contributed by atoms with Crippen molar-refractivity contribution in [1.82, 2.24) is 4.57 Å². The Kier molecular flexibility index (Phi) is 3.38. The molecule has 0 radical (unpaired) electrons. The highest BCUT2D eigenvalue weighted by Gasteiger charge is 2.10. The van der Waals surface area contributed by atoms with Crippen molar-refractivity contribution >= 4 is 21.9 Å². The lowest BCUT2D eigenvalue weighted by atomic mass is 10.3. The van der Waals surface area contributed by atoms with Crippen LogP contribution in [0.25, 0.3) is 0 Å². The molecule has 94 valence electrons. The molecule has 0 atom stereocenters. The fraction of sp³-hybridized carbons (Fsp3) is 0.167. The number of hydrogen-bond donors (Lipinski definition) is 1. The molecule has 0 aromatic carbocycles. The second kappa shape index (κ2) is 4.81. The smallest absolute Gasteiger partial charge is 0.371 e. The molecule has 2 aromatic rings. The van der Waals surface area contributed by atoms with E-state index in [9.17, 15) is 9.59 Å². The Morgan fingerprint density at radius 2 is 2.22 bits per heavy atom. The van der Waals surface area contributed by atoms with Crippen LogP contribution in [0, 0.1) is 6.92 Å². The van der Waals surface area contributed by atoms with E-state index in [0.717, 1.165) is 5.56 Å². The summed E-state index contributed by atoms with van der Waals surface area (Å²) < 4.78 is 7.04. The number of hydrogen-bond acceptors (Lipinski definition) is 3. The minimum atomic E-state index is -1.13. The van der Waals surface area contributed by atoms with Gasteiger partial charge in [-0.15, -0.1) is 0 Å². The number of aromatic nitrogens is 1. The van der Waals surface area contributed by atoms with Gasteiger partial charge in [-0.3, -0.25) is 4.79 Å². The van der Waals surface area contributed by atoms with Crippen LogP contribution in [-0.2, 0) is 6.54 Å². The van der Waals surface area contributed by atoms with Crippen LogP contribution in [0.3, 0.4) is 0 Å². The number of rotatable bonds is 3. The van der Waals surface area contributed by atoms with Crippen LogP contribution in [0.2, 0.25) is 0 Å². The van der Waals surface area contributed by atoms with Crippen molar-refractivity contribution in [2.24, 2.45) is 0 Å². The molecule has 0 amide bonds. The summed E-state index contributed by atoms with van der Waals surface area (Å²) in [7, 11) is 0. The zero-order valence-corrected chi connectivity index (χ0v) is 11.1. The average Bonchev–Trinajstić information content (AvgIpc) is 2.74. The van der Waals surface area contributed by atoms with Gasteiger partial charge in [0.2, 0.25) is 5.76 Å². The van der Waals surface area contributed by atoms with Crippen molar-refractivity contribution in [2.75, 3.05) is 0 Å². The molecule has 0 saturated heterocycles. The first kappa shape index (κ1) is 12.6. The molecule has 2 rings (SSSR count). The van der Waals surface area contributed by atoms with E-state index in [-0.39, 0.29) is 17.9 Å². The van der Waals surface area contributed by atoms with Crippen molar-refractivity contribution in [3.8, 4) is 0 Å². The molecular formula is C12H10BrNO4. The second-order valence-electron chi connectivity index (χ2n) is 3.87. The van der Waals surface area contributed by atoms with E-state index in [4.69, 9.17) is 9.52 Å². The first-order valence-corrected chi connectivity index (χ1v) is 5.95. The Morgan fingerprint density at radius 3 is 2.83 bits per heavy atom. The van der Waals surface area contributed by atoms with Crippen LogP contribution in [0.15, 0.2) is 38.1 Å². The van der Waals surface area contributed by atoms with E-state index < -0.39 is 5.97 Å². The summed E-state index contributed by atoms with van der Waals surface area (Å²) >= 11 is 3.18. The molecule has 0 bridgehead atoms. The summed E-state index contributed by atoms with van der Waals surface area (Å²) in [5.74, 6) is -0.837. The largest absolute Gasteiger partial charge is 0.475 e. The third-order valence-electron chi connectivity index (χ3n) is 2.38. The number of carboxylic acid groups (broad SMARTS) is 1. The number of nitrogens with zero attached hydrogens (tertiary/aromatic N) is 1. The number of carboxylic acids is 1. The number of aromatic carboxylic acids is 1. The number of aryl methyl sites for hydroxylation is 1. The van der Waals surface area contributed by atoms with Gasteiger partial charge in [-0.1, -0.05) is 0 Å². The summed E-state index contributed by atoms with van der Waals surface area (Å²) in [6, 6.07) is 4.64. The second-order valence-corrected chi connectivity index (χ2v) is 4.72. The standard InChI is InChI=1S/C12H10BrNO4/c1-7-4-9(13)11(15)14(5-7)6-8-2-3-10(18-8)12(16)17/h2-5H,6H2,1H3,(H,16,17). The number of pyridine rings is 1. The van der Waals surface area contributed by atoms with Gasteiger partial charge < -0.3 is 14.1 Å². The molecule has 0 spiro atoms. The molecular weight excluding hydrogens is 302 g/mol. The summed E-state index contributed by atoms with van der Waals surface area (Å²) in [5.41, 5.74) is 0.736. The van der Waals surface area contributed by atoms with Gasteiger partial charge in [-0.2, -0.15) is 0 Å². The maximum absolute atomic E-state index is 11.8. The van der Waals surface area contributed by atoms with E-state index in [2.05, 4.69) is 15.9 Å². The minimum Gasteiger partial charge on any atom is -0.475 e. The topological polar surface area (TPSA) is 72.4 Å². The molecule has 0 unspecified atom stereocenters. The molecule has 0 aliphatic heterocycles. The van der Waals surface area contributed by atoms with Crippen LogP contribution < -0.4 is 5.56 Å². The van der Waals surface area contributed by atoms with Gasteiger partial charge in [0, 0.05) is 6.20 Å². The maximum Gasteiger partial charge on any atom is 0.371 e. The lowest BCUT2D eigenvalue weighted by molar-refractivity contribution is 0.0660. The van der Waals surface area contributed by atoms with Gasteiger partial charge in [0.05, 0.1) is 11.0 Å². The quantitative estimate of drug-likeness (QED) is 0.943. The van der Waals surface area contributed by atoms with Crippen molar-refractivity contribution in [2.45, 2.75) is 13.5 Å². The van der Waals surface area contributed by atoms with Gasteiger partial charge in [-0.25, -0.2) is 4.79 Å². The highest BCUT2D eigenvalue weighted by atomic mass is 79.9. The minimum absolute atomic E-state index is 0.134. The molecule has 0 aliphatic carbocycles. The lowest BCUT2D eigenvalue weighted by Crippen LogP contribution is -2.20. The Balaban J connectivity index is 2.34. The molecule has 0 fully saturated rings. The van der Waals surface area contributed by atoms with Crippen molar-refractivity contribution in [1.29, 1.82) is 0 Å². The summed E-state index contributed by atoms with van der Waals surface area (Å²) in [6.07, 6.45) is 1.69. The molecule has 0 saturated carbocycles. The Hall–Kier alpha value is -1.82. The van der Waals surface area contributed by atoms with Gasteiger partial charge in [-0.05, 0) is 46.6 Å². The lowest BCUT2D eigenvalue weighted by Gasteiger charge is -2.05. The van der Waals surface area contributed by atoms with E-state index in [0.29, 0.717) is 10.2 Å². The maximum atomic E-state index is 11.8. The molecule has 6 heteroatoms. The van der Waals surface area contributed by atoms with Crippen LogP contribution in [0.1, 0.15) is 21.9 Å². The monoisotopic (exact) mass is 311 g/mol. The predicted octanol–water partition coefficient (Wildman–Crippen LogP) is 2.26. The number of carbonyl (C=O) groups is 1.